The third-order valence-electron chi connectivity index (χ3n) is 1.45. The number of hydrogen-bond donors (Lipinski definition) is 1. The Morgan fingerprint density at radius 1 is 1.42 bits per heavy atom. The first kappa shape index (κ1) is 10.8. The summed E-state index contributed by atoms with van der Waals surface area (Å²) in [5.41, 5.74) is 1.98. The van der Waals surface area contributed by atoms with Crippen LogP contribution < -0.4 is 5.32 Å². The van der Waals surface area contributed by atoms with Crippen LogP contribution in [0.2, 0.25) is 0 Å². The molecule has 12 heavy (non-hydrogen) atoms. The zero-order chi connectivity index (χ0) is 9.40. The van der Waals surface area contributed by atoms with E-state index in [1.54, 1.807) is 6.08 Å². The Morgan fingerprint density at radius 3 is 2.50 bits per heavy atom. The monoisotopic (exact) mass is 163 g/mol. The van der Waals surface area contributed by atoms with Gasteiger partial charge in [-0.05, 0) is 12.0 Å². The van der Waals surface area contributed by atoms with Gasteiger partial charge in [-0.25, -0.2) is 0 Å². The summed E-state index contributed by atoms with van der Waals surface area (Å²) < 4.78 is 0. The fourth-order valence-corrected chi connectivity index (χ4v) is 0.847. The summed E-state index contributed by atoms with van der Waals surface area (Å²) >= 11 is 0. The van der Waals surface area contributed by atoms with E-state index >= 15 is 0 Å². The molecule has 0 aromatic carbocycles. The Labute approximate surface area is 75.2 Å². The van der Waals surface area contributed by atoms with Crippen molar-refractivity contribution in [2.24, 2.45) is 0 Å². The van der Waals surface area contributed by atoms with Crippen molar-refractivity contribution in [3.8, 4) is 0 Å². The molecule has 0 aliphatic heterocycles. The van der Waals surface area contributed by atoms with Crippen molar-refractivity contribution < 1.29 is 0 Å². The summed E-state index contributed by atoms with van der Waals surface area (Å²) in [4.78, 5) is 0. The first-order chi connectivity index (χ1) is 5.76. The maximum absolute atomic E-state index is 3.88. The van der Waals surface area contributed by atoms with Crippen LogP contribution in [0.15, 0.2) is 49.2 Å². The van der Waals surface area contributed by atoms with E-state index in [9.17, 15) is 0 Å². The lowest BCUT2D eigenvalue weighted by atomic mass is 10.1. The average molecular weight is 163 g/mol. The fraction of sp³-hybridized carbons (Fsp3) is 0.273. The predicted molar refractivity (Wildman–Crippen MR) is 55.9 cm³/mol. The first-order valence-electron chi connectivity index (χ1n) is 4.12. The van der Waals surface area contributed by atoms with Crippen molar-refractivity contribution in [3.63, 3.8) is 0 Å². The molecule has 0 radical (unpaired) electrons. The van der Waals surface area contributed by atoms with E-state index in [4.69, 9.17) is 0 Å². The van der Waals surface area contributed by atoms with E-state index in [-0.39, 0.29) is 0 Å². The van der Waals surface area contributed by atoms with E-state index < -0.39 is 0 Å². The topological polar surface area (TPSA) is 12.0 Å². The summed E-state index contributed by atoms with van der Waals surface area (Å²) in [6, 6.07) is 0. The lowest BCUT2D eigenvalue weighted by Crippen LogP contribution is -2.12. The third kappa shape index (κ3) is 3.81. The molecule has 66 valence electrons. The van der Waals surface area contributed by atoms with Gasteiger partial charge in [-0.3, -0.25) is 0 Å². The van der Waals surface area contributed by atoms with Crippen LogP contribution in [0.25, 0.3) is 0 Å². The van der Waals surface area contributed by atoms with E-state index in [0.717, 1.165) is 24.2 Å². The highest BCUT2D eigenvalue weighted by Gasteiger charge is 1.94. The first-order valence-corrected chi connectivity index (χ1v) is 4.12. The number of nitrogens with one attached hydrogen (secondary N) is 1. The maximum Gasteiger partial charge on any atom is 0.0339 e. The van der Waals surface area contributed by atoms with Gasteiger partial charge in [0.05, 0.1) is 0 Å². The zero-order valence-electron chi connectivity index (χ0n) is 7.77. The quantitative estimate of drug-likeness (QED) is 0.469. The summed E-state index contributed by atoms with van der Waals surface area (Å²) in [5.74, 6) is 0. The van der Waals surface area contributed by atoms with Crippen molar-refractivity contribution in [2.45, 2.75) is 13.3 Å². The molecule has 0 saturated carbocycles. The molecule has 0 aliphatic rings. The Kier molecular flexibility index (Phi) is 5.80. The van der Waals surface area contributed by atoms with Crippen molar-refractivity contribution in [2.75, 3.05) is 6.54 Å². The van der Waals surface area contributed by atoms with Gasteiger partial charge in [0.2, 0.25) is 0 Å². The molecule has 0 atom stereocenters. The number of hydrogen-bond acceptors (Lipinski definition) is 1. The lowest BCUT2D eigenvalue weighted by molar-refractivity contribution is 0.925. The van der Waals surface area contributed by atoms with Crippen LogP contribution in [0.3, 0.4) is 0 Å². The third-order valence-corrected chi connectivity index (χ3v) is 1.45. The van der Waals surface area contributed by atoms with Crippen molar-refractivity contribution in [3.05, 3.63) is 49.2 Å². The van der Waals surface area contributed by atoms with Gasteiger partial charge in [-0.15, -0.1) is 6.58 Å². The van der Waals surface area contributed by atoms with Gasteiger partial charge in [0.1, 0.15) is 0 Å². The smallest absolute Gasteiger partial charge is 0.0339 e. The summed E-state index contributed by atoms with van der Waals surface area (Å²) in [7, 11) is 0. The Hall–Kier alpha value is -1.24. The van der Waals surface area contributed by atoms with Crippen LogP contribution in [0.5, 0.6) is 0 Å². The standard InChI is InChI=1S/C11H17N/c1-5-8-11(7-3)10(4)12-9-6-2/h6-8,12H,2-5,9H2,1H3. The van der Waals surface area contributed by atoms with Gasteiger partial charge < -0.3 is 5.32 Å². The summed E-state index contributed by atoms with van der Waals surface area (Å²) in [6.45, 7) is 14.0. The molecule has 0 aromatic rings. The highest BCUT2D eigenvalue weighted by Crippen LogP contribution is 2.06. The largest absolute Gasteiger partial charge is 0.382 e. The number of allylic oxidation sites excluding steroid dienone is 2. The molecule has 0 heterocycles. The predicted octanol–water partition coefficient (Wildman–Crippen LogP) is 2.80. The molecule has 0 fully saturated rings. The van der Waals surface area contributed by atoms with Crippen LogP contribution in [0.4, 0.5) is 0 Å². The SMILES string of the molecule is C=CCNC(=C)C(C=C)=CCC. The van der Waals surface area contributed by atoms with Crippen LogP contribution in [0, 0.1) is 0 Å². The molecule has 0 bridgehead atoms. The Morgan fingerprint density at radius 2 is 2.08 bits per heavy atom. The van der Waals surface area contributed by atoms with Gasteiger partial charge in [0.25, 0.3) is 0 Å². The van der Waals surface area contributed by atoms with Crippen LogP contribution in [0.1, 0.15) is 13.3 Å². The molecular formula is C11H17N. The molecule has 0 unspecified atom stereocenters. The maximum atomic E-state index is 3.88. The molecule has 0 saturated heterocycles. The molecule has 1 N–H and O–H groups in total. The minimum Gasteiger partial charge on any atom is -0.382 e. The summed E-state index contributed by atoms with van der Waals surface area (Å²) in [5, 5.41) is 3.12. The number of rotatable bonds is 6. The van der Waals surface area contributed by atoms with E-state index in [1.165, 1.54) is 0 Å². The van der Waals surface area contributed by atoms with Gasteiger partial charge in [-0.2, -0.15) is 0 Å². The lowest BCUT2D eigenvalue weighted by Gasteiger charge is -2.07. The van der Waals surface area contributed by atoms with Gasteiger partial charge in [0.15, 0.2) is 0 Å². The summed E-state index contributed by atoms with van der Waals surface area (Å²) in [6.07, 6.45) is 6.70. The minimum atomic E-state index is 0.744. The average Bonchev–Trinajstić information content (AvgIpc) is 2.10. The van der Waals surface area contributed by atoms with Gasteiger partial charge in [0, 0.05) is 12.2 Å². The molecule has 0 rings (SSSR count). The molecule has 0 amide bonds. The molecule has 1 heteroatoms. The second-order valence-corrected chi connectivity index (χ2v) is 2.42. The second kappa shape index (κ2) is 6.47. The fourth-order valence-electron chi connectivity index (χ4n) is 0.847. The van der Waals surface area contributed by atoms with Crippen LogP contribution in [-0.2, 0) is 0 Å². The van der Waals surface area contributed by atoms with E-state index in [1.807, 2.05) is 6.08 Å². The van der Waals surface area contributed by atoms with E-state index in [2.05, 4.69) is 38.1 Å². The van der Waals surface area contributed by atoms with Crippen molar-refractivity contribution in [1.82, 2.24) is 5.32 Å². The Balaban J connectivity index is 4.12. The van der Waals surface area contributed by atoms with Gasteiger partial charge in [-0.1, -0.05) is 38.3 Å². The zero-order valence-corrected chi connectivity index (χ0v) is 7.77. The van der Waals surface area contributed by atoms with E-state index in [0.29, 0.717) is 0 Å². The molecule has 0 aromatic heterocycles. The normalized spacial score (nSPS) is 10.6. The molecular weight excluding hydrogens is 146 g/mol. The van der Waals surface area contributed by atoms with Crippen molar-refractivity contribution >= 4 is 0 Å². The highest BCUT2D eigenvalue weighted by molar-refractivity contribution is 5.35. The second-order valence-electron chi connectivity index (χ2n) is 2.42. The van der Waals surface area contributed by atoms with Crippen LogP contribution >= 0.6 is 0 Å². The van der Waals surface area contributed by atoms with Gasteiger partial charge >= 0.3 is 0 Å². The highest BCUT2D eigenvalue weighted by atomic mass is 14.9. The Bertz CT molecular complexity index is 199. The minimum absolute atomic E-state index is 0.744. The molecule has 0 spiro atoms. The molecule has 1 nitrogen and oxygen atoms in total. The van der Waals surface area contributed by atoms with Crippen molar-refractivity contribution in [1.29, 1.82) is 0 Å². The van der Waals surface area contributed by atoms with Crippen LogP contribution in [-0.4, -0.2) is 6.54 Å². The molecule has 0 aliphatic carbocycles.